The van der Waals surface area contributed by atoms with E-state index in [2.05, 4.69) is 22.4 Å². The molecule has 0 saturated heterocycles. The van der Waals surface area contributed by atoms with Crippen LogP contribution >= 0.6 is 0 Å². The number of rotatable bonds is 6. The van der Waals surface area contributed by atoms with E-state index < -0.39 is 11.9 Å². The number of hydrogen-bond donors (Lipinski definition) is 1. The van der Waals surface area contributed by atoms with Crippen molar-refractivity contribution in [2.75, 3.05) is 31.6 Å². The minimum atomic E-state index is -4.44. The van der Waals surface area contributed by atoms with Gasteiger partial charge in [-0.25, -0.2) is 0 Å². The number of nitrogens with one attached hydrogen (secondary N) is 1. The molecule has 0 atom stereocenters. The molecule has 0 aliphatic rings. The van der Waals surface area contributed by atoms with E-state index >= 15 is 0 Å². The van der Waals surface area contributed by atoms with Gasteiger partial charge in [0.25, 0.3) is 0 Å². The highest BCUT2D eigenvalue weighted by atomic mass is 19.4. The van der Waals surface area contributed by atoms with Crippen LogP contribution in [-0.4, -0.2) is 36.9 Å². The molecule has 1 aromatic heterocycles. The number of likely N-dealkylation sites (N-methyl/N-ethyl adjacent to an activating group) is 1. The van der Waals surface area contributed by atoms with Crippen LogP contribution in [0.15, 0.2) is 12.1 Å². The molecule has 4 nitrogen and oxygen atoms in total. The number of aromatic nitrogens is 2. The molecule has 1 heterocycles. The van der Waals surface area contributed by atoms with E-state index in [1.54, 1.807) is 11.9 Å². The van der Waals surface area contributed by atoms with Gasteiger partial charge in [0.1, 0.15) is 0 Å². The summed E-state index contributed by atoms with van der Waals surface area (Å²) in [6.45, 7) is 4.41. The SMILES string of the molecule is CCCNCCN(C)c1ccc(C(F)(F)F)nn1. The molecule has 0 fully saturated rings. The van der Waals surface area contributed by atoms with Crippen molar-refractivity contribution in [1.82, 2.24) is 15.5 Å². The predicted octanol–water partition coefficient (Wildman–Crippen LogP) is 1.93. The number of anilines is 1. The van der Waals surface area contributed by atoms with Crippen molar-refractivity contribution in [2.24, 2.45) is 0 Å². The lowest BCUT2D eigenvalue weighted by atomic mass is 10.3. The maximum absolute atomic E-state index is 12.3. The molecule has 18 heavy (non-hydrogen) atoms. The zero-order valence-electron chi connectivity index (χ0n) is 10.5. The van der Waals surface area contributed by atoms with Crippen LogP contribution in [0.1, 0.15) is 19.0 Å². The molecular weight excluding hydrogens is 245 g/mol. The number of nitrogens with zero attached hydrogens (tertiary/aromatic N) is 3. The highest BCUT2D eigenvalue weighted by Gasteiger charge is 2.32. The molecule has 0 bridgehead atoms. The Bertz CT molecular complexity index is 350. The smallest absolute Gasteiger partial charge is 0.357 e. The molecule has 0 aliphatic carbocycles. The summed E-state index contributed by atoms with van der Waals surface area (Å²) in [7, 11) is 1.77. The van der Waals surface area contributed by atoms with Crippen molar-refractivity contribution >= 4 is 5.82 Å². The topological polar surface area (TPSA) is 41.0 Å². The third-order valence-corrected chi connectivity index (χ3v) is 2.38. The number of halogens is 3. The van der Waals surface area contributed by atoms with E-state index in [0.29, 0.717) is 12.4 Å². The molecule has 102 valence electrons. The van der Waals surface area contributed by atoms with Crippen molar-refractivity contribution in [2.45, 2.75) is 19.5 Å². The van der Waals surface area contributed by atoms with Gasteiger partial charge in [-0.15, -0.1) is 10.2 Å². The third kappa shape index (κ3) is 4.48. The summed E-state index contributed by atoms with van der Waals surface area (Å²) in [5.74, 6) is 0.432. The maximum atomic E-state index is 12.3. The summed E-state index contributed by atoms with van der Waals surface area (Å²) in [5, 5.41) is 9.95. The highest BCUT2D eigenvalue weighted by molar-refractivity contribution is 5.36. The first-order chi connectivity index (χ1) is 8.45. The zero-order valence-corrected chi connectivity index (χ0v) is 10.5. The van der Waals surface area contributed by atoms with Crippen LogP contribution in [0.2, 0.25) is 0 Å². The van der Waals surface area contributed by atoms with Gasteiger partial charge in [0.2, 0.25) is 0 Å². The fourth-order valence-corrected chi connectivity index (χ4v) is 1.34. The fourth-order valence-electron chi connectivity index (χ4n) is 1.34. The zero-order chi connectivity index (χ0) is 13.6. The van der Waals surface area contributed by atoms with E-state index in [1.165, 1.54) is 6.07 Å². The molecule has 0 saturated carbocycles. The van der Waals surface area contributed by atoms with Crippen LogP contribution in [0.5, 0.6) is 0 Å². The van der Waals surface area contributed by atoms with Crippen LogP contribution in [0.25, 0.3) is 0 Å². The molecular formula is C11H17F3N4. The van der Waals surface area contributed by atoms with Gasteiger partial charge in [-0.1, -0.05) is 6.92 Å². The Morgan fingerprint density at radius 3 is 2.44 bits per heavy atom. The van der Waals surface area contributed by atoms with Gasteiger partial charge in [-0.3, -0.25) is 0 Å². The van der Waals surface area contributed by atoms with Crippen molar-refractivity contribution in [3.8, 4) is 0 Å². The Balaban J connectivity index is 2.51. The second-order valence-electron chi connectivity index (χ2n) is 3.95. The Morgan fingerprint density at radius 1 is 1.22 bits per heavy atom. The summed E-state index contributed by atoms with van der Waals surface area (Å²) in [5.41, 5.74) is -0.969. The molecule has 0 unspecified atom stereocenters. The molecule has 0 spiro atoms. The molecule has 0 radical (unpaired) electrons. The third-order valence-electron chi connectivity index (χ3n) is 2.38. The van der Waals surface area contributed by atoms with Crippen LogP contribution < -0.4 is 10.2 Å². The lowest BCUT2D eigenvalue weighted by Gasteiger charge is -2.18. The second-order valence-corrected chi connectivity index (χ2v) is 3.95. The van der Waals surface area contributed by atoms with Gasteiger partial charge < -0.3 is 10.2 Å². The minimum absolute atomic E-state index is 0.432. The molecule has 1 aromatic rings. The van der Waals surface area contributed by atoms with E-state index in [4.69, 9.17) is 0 Å². The first kappa shape index (κ1) is 14.7. The fraction of sp³-hybridized carbons (Fsp3) is 0.636. The largest absolute Gasteiger partial charge is 0.435 e. The molecule has 7 heteroatoms. The van der Waals surface area contributed by atoms with Crippen molar-refractivity contribution in [1.29, 1.82) is 0 Å². The summed E-state index contributed by atoms with van der Waals surface area (Å²) < 4.78 is 36.8. The second kappa shape index (κ2) is 6.53. The lowest BCUT2D eigenvalue weighted by molar-refractivity contribution is -0.141. The lowest BCUT2D eigenvalue weighted by Crippen LogP contribution is -2.30. The van der Waals surface area contributed by atoms with E-state index in [-0.39, 0.29) is 0 Å². The molecule has 1 N–H and O–H groups in total. The standard InChI is InChI=1S/C11H17F3N4/c1-3-6-15-7-8-18(2)10-5-4-9(16-17-10)11(12,13)14/h4-5,15H,3,6-8H2,1-2H3. The first-order valence-corrected chi connectivity index (χ1v) is 5.78. The molecule has 0 amide bonds. The Morgan fingerprint density at radius 2 is 1.94 bits per heavy atom. The van der Waals surface area contributed by atoms with Crippen LogP contribution in [-0.2, 0) is 6.18 Å². The summed E-state index contributed by atoms with van der Waals surface area (Å²) >= 11 is 0. The highest BCUT2D eigenvalue weighted by Crippen LogP contribution is 2.27. The number of alkyl halides is 3. The maximum Gasteiger partial charge on any atom is 0.435 e. The minimum Gasteiger partial charge on any atom is -0.357 e. The number of hydrogen-bond acceptors (Lipinski definition) is 4. The van der Waals surface area contributed by atoms with Gasteiger partial charge in [0.05, 0.1) is 0 Å². The molecule has 0 aliphatic heterocycles. The summed E-state index contributed by atoms with van der Waals surface area (Å²) in [6.07, 6.45) is -3.39. The molecule has 1 rings (SSSR count). The normalized spacial score (nSPS) is 11.6. The molecule has 0 aromatic carbocycles. The predicted molar refractivity (Wildman–Crippen MR) is 63.5 cm³/mol. The van der Waals surface area contributed by atoms with Gasteiger partial charge >= 0.3 is 6.18 Å². The van der Waals surface area contributed by atoms with Gasteiger partial charge in [-0.05, 0) is 25.1 Å². The van der Waals surface area contributed by atoms with E-state index in [0.717, 1.165) is 25.6 Å². The summed E-state index contributed by atoms with van der Waals surface area (Å²) in [6, 6.07) is 2.27. The first-order valence-electron chi connectivity index (χ1n) is 5.78. The van der Waals surface area contributed by atoms with Gasteiger partial charge in [-0.2, -0.15) is 13.2 Å². The Labute approximate surface area is 104 Å². The summed E-state index contributed by atoms with van der Waals surface area (Å²) in [4.78, 5) is 1.76. The monoisotopic (exact) mass is 262 g/mol. The van der Waals surface area contributed by atoms with Crippen molar-refractivity contribution in [3.63, 3.8) is 0 Å². The van der Waals surface area contributed by atoms with E-state index in [9.17, 15) is 13.2 Å². The quantitative estimate of drug-likeness (QED) is 0.795. The van der Waals surface area contributed by atoms with E-state index in [1.807, 2.05) is 0 Å². The van der Waals surface area contributed by atoms with Gasteiger partial charge in [0.15, 0.2) is 11.5 Å². The van der Waals surface area contributed by atoms with Crippen LogP contribution in [0.4, 0.5) is 19.0 Å². The van der Waals surface area contributed by atoms with Crippen LogP contribution in [0.3, 0.4) is 0 Å². The average molecular weight is 262 g/mol. The van der Waals surface area contributed by atoms with Crippen LogP contribution in [0, 0.1) is 0 Å². The van der Waals surface area contributed by atoms with Gasteiger partial charge in [0, 0.05) is 20.1 Å². The van der Waals surface area contributed by atoms with Crippen molar-refractivity contribution < 1.29 is 13.2 Å². The Kier molecular flexibility index (Phi) is 5.33. The average Bonchev–Trinajstić information content (AvgIpc) is 2.33. The Hall–Kier alpha value is -1.37. The van der Waals surface area contributed by atoms with Crippen molar-refractivity contribution in [3.05, 3.63) is 17.8 Å².